The first kappa shape index (κ1) is 64.2. The first-order valence-electron chi connectivity index (χ1n) is 28.2. The lowest BCUT2D eigenvalue weighted by Crippen LogP contribution is -2.63. The van der Waals surface area contributed by atoms with Crippen molar-refractivity contribution in [1.82, 2.24) is 0 Å². The van der Waals surface area contributed by atoms with Crippen molar-refractivity contribution in [3.8, 4) is 17.2 Å². The number of carbonyl (C=O) groups is 3. The molecular formula is C62H101IO10. The van der Waals surface area contributed by atoms with Crippen LogP contribution in [0.3, 0.4) is 0 Å². The summed E-state index contributed by atoms with van der Waals surface area (Å²) in [4.78, 5) is 37.2. The van der Waals surface area contributed by atoms with Gasteiger partial charge in [-0.1, -0.05) is 74.4 Å². The molecule has 10 nitrogen and oxygen atoms in total. The normalized spacial score (nSPS) is 23.1. The van der Waals surface area contributed by atoms with Crippen LogP contribution in [0.2, 0.25) is 0 Å². The maximum atomic E-state index is 12.8. The van der Waals surface area contributed by atoms with Crippen LogP contribution < -0.4 is 9.47 Å². The maximum Gasteiger partial charge on any atom is 0.312 e. The lowest BCUT2D eigenvalue weighted by molar-refractivity contribution is -0.231. The molecule has 1 N–H and O–H groups in total. The number of aromatic hydroxyl groups is 1. The number of benzene rings is 2. The molecule has 0 spiro atoms. The van der Waals surface area contributed by atoms with Crippen LogP contribution in [0.1, 0.15) is 231 Å². The fourth-order valence-corrected chi connectivity index (χ4v) is 11.7. The van der Waals surface area contributed by atoms with E-state index < -0.39 is 5.41 Å². The Kier molecular flexibility index (Phi) is 24.5. The first-order valence-corrected chi connectivity index (χ1v) is 29.2. The van der Waals surface area contributed by atoms with Gasteiger partial charge in [-0.05, 0) is 245 Å². The van der Waals surface area contributed by atoms with Gasteiger partial charge in [0.1, 0.15) is 23.1 Å². The highest BCUT2D eigenvalue weighted by Gasteiger charge is 2.61. The molecule has 5 saturated carbocycles. The lowest BCUT2D eigenvalue weighted by atomic mass is 9.47. The summed E-state index contributed by atoms with van der Waals surface area (Å²) >= 11 is 2.19. The second-order valence-corrected chi connectivity index (χ2v) is 25.5. The number of esters is 3. The number of methoxy groups -OCH3 is 1. The van der Waals surface area contributed by atoms with Gasteiger partial charge >= 0.3 is 17.9 Å². The van der Waals surface area contributed by atoms with Crippen LogP contribution in [-0.2, 0) is 33.3 Å². The van der Waals surface area contributed by atoms with Crippen molar-refractivity contribution in [2.45, 2.75) is 238 Å². The zero-order chi connectivity index (χ0) is 55.3. The highest BCUT2D eigenvalue weighted by atomic mass is 127. The van der Waals surface area contributed by atoms with Gasteiger partial charge in [-0.25, -0.2) is 0 Å². The monoisotopic (exact) mass is 1130 g/mol. The predicted octanol–water partition coefficient (Wildman–Crippen LogP) is 16.8. The molecule has 5 fully saturated rings. The van der Waals surface area contributed by atoms with Gasteiger partial charge in [-0.2, -0.15) is 0 Å². The van der Waals surface area contributed by atoms with Crippen molar-refractivity contribution in [1.29, 1.82) is 0 Å². The summed E-state index contributed by atoms with van der Waals surface area (Å²) in [5.74, 6) is 5.87. The third-order valence-corrected chi connectivity index (χ3v) is 18.3. The smallest absolute Gasteiger partial charge is 0.312 e. The van der Waals surface area contributed by atoms with Crippen LogP contribution >= 0.6 is 22.6 Å². The Morgan fingerprint density at radius 2 is 1.15 bits per heavy atom. The number of carbonyl (C=O) groups excluding carboxylic acids is 3. The third-order valence-electron chi connectivity index (χ3n) is 17.5. The van der Waals surface area contributed by atoms with Gasteiger partial charge in [0.15, 0.2) is 17.8 Å². The minimum atomic E-state index is -0.499. The Labute approximate surface area is 457 Å². The molecule has 5 aliphatic rings. The number of ether oxygens (including phenoxy) is 6. The van der Waals surface area contributed by atoms with Gasteiger partial charge in [0.05, 0.1) is 26.9 Å². The van der Waals surface area contributed by atoms with E-state index in [1.807, 2.05) is 100 Å². The van der Waals surface area contributed by atoms with Gasteiger partial charge < -0.3 is 33.5 Å². The minimum absolute atomic E-state index is 0.0226. The van der Waals surface area contributed by atoms with E-state index in [0.717, 1.165) is 59.5 Å². The molecule has 4 bridgehead atoms. The molecule has 0 heterocycles. The fourth-order valence-electron chi connectivity index (χ4n) is 10.9. The van der Waals surface area contributed by atoms with Crippen molar-refractivity contribution in [3.05, 3.63) is 51.1 Å². The Morgan fingerprint density at radius 3 is 1.58 bits per heavy atom. The summed E-state index contributed by atoms with van der Waals surface area (Å²) in [5, 5.41) is 9.01. The Morgan fingerprint density at radius 1 is 0.671 bits per heavy atom. The zero-order valence-corrected chi connectivity index (χ0v) is 51.2. The van der Waals surface area contributed by atoms with Crippen molar-refractivity contribution < 1.29 is 47.9 Å². The van der Waals surface area contributed by atoms with Crippen LogP contribution in [0.15, 0.2) is 36.4 Å². The number of rotatable bonds is 19. The van der Waals surface area contributed by atoms with Gasteiger partial charge in [0, 0.05) is 6.61 Å². The van der Waals surface area contributed by atoms with E-state index in [0.29, 0.717) is 53.4 Å². The quantitative estimate of drug-likeness (QED) is 0.0629. The number of phenolic OH excluding ortho intramolecular Hbond substituents is 1. The highest BCUT2D eigenvalue weighted by molar-refractivity contribution is 14.1. The second-order valence-electron chi connectivity index (χ2n) is 24.4. The fraction of sp³-hybridized carbons (Fsp3) is 0.758. The standard InChI is InChI=1S/C19H29IO5.C19H32O2.C14H26O2.C10H14O/c1-8-19(5,6)18(21)24-12(3)14-10-15(20)17(16(11-14)22-7)25-13(4)23-9-2;1-6-18(4,5)17(20)21-19(12(2)3)15-8-13-7-14(10-15)11-16(19)9-13;1-6-13(4,5)12(15)16-14(11(2)3)9-7-8-10-14;1-3-8(2)9-4-6-10(11)7-5-9/h10-13H,8-9H2,1-7H3;12-16H,6-11H2,1-5H3;11H,6-10H2,1-5H3;4-8,11H,3H2,1-2H3. The molecule has 0 aromatic heterocycles. The summed E-state index contributed by atoms with van der Waals surface area (Å²) in [7, 11) is 1.59. The summed E-state index contributed by atoms with van der Waals surface area (Å²) in [6.45, 7) is 37.3. The topological polar surface area (TPSA) is 127 Å². The SMILES string of the molecule is CCC(C)(C)C(=O)OC1(C(C)C)C2CC3CC(C2)CC1C3.CCC(C)(C)C(=O)OC1(C(C)C)CCCC1.CCC(C)c1ccc(O)cc1.CCOC(C)Oc1c(I)cc(C(C)OC(=O)C(C)(C)CC)cc1OC. The molecule has 11 heteroatoms. The highest BCUT2D eigenvalue weighted by Crippen LogP contribution is 2.62. The number of hydrogen-bond acceptors (Lipinski definition) is 10. The average molecular weight is 1130 g/mol. The Hall–Kier alpha value is -3.06. The van der Waals surface area contributed by atoms with E-state index in [2.05, 4.69) is 71.1 Å². The first-order chi connectivity index (χ1) is 34.0. The largest absolute Gasteiger partial charge is 0.508 e. The molecule has 7 rings (SSSR count). The van der Waals surface area contributed by atoms with Crippen LogP contribution in [-0.4, -0.2) is 54.2 Å². The van der Waals surface area contributed by atoms with Crippen LogP contribution in [0, 0.1) is 55.3 Å². The summed E-state index contributed by atoms with van der Waals surface area (Å²) in [5.41, 5.74) is 0.617. The van der Waals surface area contributed by atoms with Gasteiger partial charge in [-0.15, -0.1) is 0 Å². The number of hydrogen-bond donors (Lipinski definition) is 1. The Balaban J connectivity index is 0.000000266. The van der Waals surface area contributed by atoms with Crippen molar-refractivity contribution in [2.24, 2.45) is 51.8 Å². The molecule has 2 aromatic rings. The van der Waals surface area contributed by atoms with E-state index in [1.165, 1.54) is 50.5 Å². The van der Waals surface area contributed by atoms with Gasteiger partial charge in [-0.3, -0.25) is 14.4 Å². The second kappa shape index (κ2) is 27.8. The molecule has 0 amide bonds. The van der Waals surface area contributed by atoms with Crippen molar-refractivity contribution >= 4 is 40.5 Å². The molecule has 0 aliphatic heterocycles. The van der Waals surface area contributed by atoms with Crippen LogP contribution in [0.25, 0.3) is 0 Å². The van der Waals surface area contributed by atoms with E-state index in [1.54, 1.807) is 19.2 Å². The molecule has 0 saturated heterocycles. The number of halogens is 1. The summed E-state index contributed by atoms with van der Waals surface area (Å²) < 4.78 is 35.5. The molecule has 2 aromatic carbocycles. The Bertz CT molecular complexity index is 2000. The zero-order valence-electron chi connectivity index (χ0n) is 49.1. The number of phenols is 1. The molecule has 3 unspecified atom stereocenters. The molecule has 3 atom stereocenters. The lowest BCUT2D eigenvalue weighted by Gasteiger charge is -2.62. The van der Waals surface area contributed by atoms with E-state index in [9.17, 15) is 14.4 Å². The maximum absolute atomic E-state index is 12.8. The molecule has 73 heavy (non-hydrogen) atoms. The van der Waals surface area contributed by atoms with Crippen LogP contribution in [0.4, 0.5) is 0 Å². The van der Waals surface area contributed by atoms with E-state index in [4.69, 9.17) is 33.5 Å². The predicted molar refractivity (Wildman–Crippen MR) is 304 cm³/mol. The van der Waals surface area contributed by atoms with Crippen molar-refractivity contribution in [3.63, 3.8) is 0 Å². The summed E-state index contributed by atoms with van der Waals surface area (Å²) in [6, 6.07) is 11.2. The average Bonchev–Trinajstić information content (AvgIpc) is 3.83. The minimum Gasteiger partial charge on any atom is -0.508 e. The molecule has 416 valence electrons. The van der Waals surface area contributed by atoms with Gasteiger partial charge in [0.2, 0.25) is 0 Å². The van der Waals surface area contributed by atoms with E-state index >= 15 is 0 Å². The molecular weight excluding hydrogens is 1030 g/mol. The molecule has 0 radical (unpaired) electrons. The molecule has 5 aliphatic carbocycles. The third kappa shape index (κ3) is 16.7. The van der Waals surface area contributed by atoms with Gasteiger partial charge in [0.25, 0.3) is 0 Å². The van der Waals surface area contributed by atoms with E-state index in [-0.39, 0.29) is 52.3 Å². The van der Waals surface area contributed by atoms with Crippen molar-refractivity contribution in [2.75, 3.05) is 13.7 Å². The summed E-state index contributed by atoms with van der Waals surface area (Å²) in [6.07, 6.45) is 13.9. The van der Waals surface area contributed by atoms with Crippen LogP contribution in [0.5, 0.6) is 17.2 Å².